The number of anilines is 2. The molecule has 1 fully saturated rings. The third-order valence-electron chi connectivity index (χ3n) is 5.79. The van der Waals surface area contributed by atoms with E-state index in [1.54, 1.807) is 10.8 Å². The van der Waals surface area contributed by atoms with Gasteiger partial charge in [-0.1, -0.05) is 19.1 Å². The minimum atomic E-state index is -1.10. The zero-order chi connectivity index (χ0) is 19.5. The van der Waals surface area contributed by atoms with Crippen molar-refractivity contribution in [3.05, 3.63) is 36.0 Å². The second kappa shape index (κ2) is 6.10. The van der Waals surface area contributed by atoms with Gasteiger partial charge in [-0.25, -0.2) is 19.2 Å². The smallest absolute Gasteiger partial charge is 0.229 e. The number of hydrogen-bond acceptors (Lipinski definition) is 6. The van der Waals surface area contributed by atoms with Crippen LogP contribution in [0.25, 0.3) is 16.7 Å². The van der Waals surface area contributed by atoms with Gasteiger partial charge in [0.15, 0.2) is 11.3 Å². The van der Waals surface area contributed by atoms with Gasteiger partial charge in [0.25, 0.3) is 0 Å². The van der Waals surface area contributed by atoms with E-state index in [0.29, 0.717) is 12.0 Å². The van der Waals surface area contributed by atoms with Crippen LogP contribution < -0.4 is 5.32 Å². The lowest BCUT2D eigenvalue weighted by atomic mass is 10.2. The molecule has 8 nitrogen and oxygen atoms in total. The fraction of sp³-hybridized carbons (Fsp3) is 0.421. The highest BCUT2D eigenvalue weighted by molar-refractivity contribution is 6.78. The standard InChI is InChI=1S/C19H24N8Si/c1-12-7-17-21-11-22-26(17)9-16(12)23-19-20-8-15-13(2)25-27(18(15)24-19)14-5-6-28(3,4)10-14/h7-9,11,14H,5-6,10H2,1-4H3,(H,20,23,24). The summed E-state index contributed by atoms with van der Waals surface area (Å²) in [5.74, 6) is 0.575. The minimum Gasteiger partial charge on any atom is -0.323 e. The Morgan fingerprint density at radius 3 is 2.86 bits per heavy atom. The van der Waals surface area contributed by atoms with Crippen molar-refractivity contribution in [2.24, 2.45) is 0 Å². The first-order chi connectivity index (χ1) is 13.4. The van der Waals surface area contributed by atoms with Crippen molar-refractivity contribution < 1.29 is 0 Å². The monoisotopic (exact) mass is 392 g/mol. The van der Waals surface area contributed by atoms with Crippen LogP contribution in [0.1, 0.15) is 23.7 Å². The van der Waals surface area contributed by atoms with E-state index < -0.39 is 8.07 Å². The highest BCUT2D eigenvalue weighted by atomic mass is 28.3. The summed E-state index contributed by atoms with van der Waals surface area (Å²) in [6.07, 6.45) is 6.54. The molecule has 1 saturated heterocycles. The Balaban J connectivity index is 1.53. The van der Waals surface area contributed by atoms with Crippen molar-refractivity contribution in [2.45, 2.75) is 51.5 Å². The summed E-state index contributed by atoms with van der Waals surface area (Å²) in [5, 5.41) is 13.4. The molecule has 4 aromatic rings. The van der Waals surface area contributed by atoms with Crippen molar-refractivity contribution in [2.75, 3.05) is 5.32 Å². The second-order valence-corrected chi connectivity index (χ2v) is 13.8. The average molecular weight is 393 g/mol. The lowest BCUT2D eigenvalue weighted by molar-refractivity contribution is 0.504. The summed E-state index contributed by atoms with van der Waals surface area (Å²) in [5.41, 5.74) is 4.72. The number of aromatic nitrogens is 7. The molecule has 5 rings (SSSR count). The first kappa shape index (κ1) is 17.3. The van der Waals surface area contributed by atoms with Crippen LogP contribution in [0.3, 0.4) is 0 Å². The summed E-state index contributed by atoms with van der Waals surface area (Å²) in [6, 6.07) is 5.06. The van der Waals surface area contributed by atoms with E-state index in [4.69, 9.17) is 10.1 Å². The number of nitrogens with zero attached hydrogens (tertiary/aromatic N) is 7. The highest BCUT2D eigenvalue weighted by Crippen LogP contribution is 2.39. The number of nitrogens with one attached hydrogen (secondary N) is 1. The van der Waals surface area contributed by atoms with Crippen LogP contribution in [0.4, 0.5) is 11.6 Å². The molecule has 9 heteroatoms. The number of pyridine rings is 1. The molecule has 0 aromatic carbocycles. The lowest BCUT2D eigenvalue weighted by Gasteiger charge is -2.16. The number of fused-ring (bicyclic) bond motifs is 2. The molecule has 1 unspecified atom stereocenters. The predicted octanol–water partition coefficient (Wildman–Crippen LogP) is 3.88. The van der Waals surface area contributed by atoms with E-state index in [0.717, 1.165) is 33.6 Å². The third kappa shape index (κ3) is 2.86. The van der Waals surface area contributed by atoms with Crippen LogP contribution in [-0.4, -0.2) is 42.4 Å². The van der Waals surface area contributed by atoms with Gasteiger partial charge in [0.2, 0.25) is 5.95 Å². The van der Waals surface area contributed by atoms with Crippen LogP contribution >= 0.6 is 0 Å². The maximum Gasteiger partial charge on any atom is 0.229 e. The quantitative estimate of drug-likeness (QED) is 0.533. The Hall–Kier alpha value is -2.81. The molecule has 0 aliphatic carbocycles. The van der Waals surface area contributed by atoms with Crippen LogP contribution in [0, 0.1) is 13.8 Å². The largest absolute Gasteiger partial charge is 0.323 e. The first-order valence-electron chi connectivity index (χ1n) is 9.68. The molecular formula is C19H24N8Si. The maximum atomic E-state index is 4.84. The van der Waals surface area contributed by atoms with Gasteiger partial charge in [-0.2, -0.15) is 15.2 Å². The number of aryl methyl sites for hydroxylation is 2. The zero-order valence-electron chi connectivity index (χ0n) is 16.6. The van der Waals surface area contributed by atoms with Gasteiger partial charge in [-0.15, -0.1) is 0 Å². The fourth-order valence-corrected chi connectivity index (χ4v) is 7.17. The minimum absolute atomic E-state index is 0.453. The molecule has 0 bridgehead atoms. The SMILES string of the molecule is Cc1cc2ncnn2cc1Nc1ncc2c(C)nn(C3CC[Si](C)(C)C3)c2n1. The van der Waals surface area contributed by atoms with Crippen molar-refractivity contribution in [3.63, 3.8) is 0 Å². The maximum absolute atomic E-state index is 4.84. The van der Waals surface area contributed by atoms with Crippen molar-refractivity contribution in [1.82, 2.24) is 34.3 Å². The van der Waals surface area contributed by atoms with E-state index in [1.807, 2.05) is 32.3 Å². The first-order valence-corrected chi connectivity index (χ1v) is 13.1. The van der Waals surface area contributed by atoms with Crippen molar-refractivity contribution in [1.29, 1.82) is 0 Å². The Bertz CT molecular complexity index is 1190. The van der Waals surface area contributed by atoms with Crippen molar-refractivity contribution in [3.8, 4) is 0 Å². The normalized spacial score (nSPS) is 18.9. The summed E-state index contributed by atoms with van der Waals surface area (Å²) >= 11 is 0. The average Bonchev–Trinajstić information content (AvgIpc) is 3.33. The Kier molecular flexibility index (Phi) is 3.77. The van der Waals surface area contributed by atoms with E-state index in [1.165, 1.54) is 18.5 Å². The zero-order valence-corrected chi connectivity index (χ0v) is 17.6. The molecule has 0 radical (unpaired) electrons. The molecule has 4 aromatic heterocycles. The van der Waals surface area contributed by atoms with E-state index in [2.05, 4.69) is 38.2 Å². The molecule has 144 valence electrons. The van der Waals surface area contributed by atoms with Crippen LogP contribution in [-0.2, 0) is 0 Å². The Morgan fingerprint density at radius 2 is 2.07 bits per heavy atom. The summed E-state index contributed by atoms with van der Waals surface area (Å²) in [4.78, 5) is 13.6. The van der Waals surface area contributed by atoms with Gasteiger partial charge in [0.05, 0.1) is 29.0 Å². The van der Waals surface area contributed by atoms with E-state index in [9.17, 15) is 0 Å². The van der Waals surface area contributed by atoms with Crippen LogP contribution in [0.15, 0.2) is 24.8 Å². The van der Waals surface area contributed by atoms with Gasteiger partial charge in [0, 0.05) is 14.3 Å². The van der Waals surface area contributed by atoms with Crippen molar-refractivity contribution >= 4 is 36.4 Å². The number of hydrogen-bond donors (Lipinski definition) is 1. The molecule has 28 heavy (non-hydrogen) atoms. The lowest BCUT2D eigenvalue weighted by Crippen LogP contribution is -2.20. The third-order valence-corrected chi connectivity index (χ3v) is 9.01. The molecule has 5 heterocycles. The Labute approximate surface area is 164 Å². The molecular weight excluding hydrogens is 368 g/mol. The number of rotatable bonds is 3. The topological polar surface area (TPSA) is 85.8 Å². The molecule has 1 N–H and O–H groups in total. The summed E-state index contributed by atoms with van der Waals surface area (Å²) in [7, 11) is -1.10. The second-order valence-electron chi connectivity index (χ2n) is 8.58. The van der Waals surface area contributed by atoms with E-state index in [-0.39, 0.29) is 0 Å². The van der Waals surface area contributed by atoms with Crippen LogP contribution in [0.5, 0.6) is 0 Å². The highest BCUT2D eigenvalue weighted by Gasteiger charge is 2.35. The molecule has 0 spiro atoms. The fourth-order valence-electron chi connectivity index (χ4n) is 4.20. The molecule has 1 aliphatic heterocycles. The van der Waals surface area contributed by atoms with E-state index >= 15 is 0 Å². The van der Waals surface area contributed by atoms with Gasteiger partial charge in [-0.3, -0.25) is 0 Å². The summed E-state index contributed by atoms with van der Waals surface area (Å²) < 4.78 is 3.89. The molecule has 0 saturated carbocycles. The molecule has 1 aliphatic rings. The van der Waals surface area contributed by atoms with Gasteiger partial charge >= 0.3 is 0 Å². The van der Waals surface area contributed by atoms with Crippen LogP contribution in [0.2, 0.25) is 25.2 Å². The van der Waals surface area contributed by atoms with Gasteiger partial charge in [0.1, 0.15) is 6.33 Å². The van der Waals surface area contributed by atoms with Gasteiger partial charge < -0.3 is 5.32 Å². The summed E-state index contributed by atoms with van der Waals surface area (Å²) in [6.45, 7) is 9.01. The molecule has 0 amide bonds. The predicted molar refractivity (Wildman–Crippen MR) is 112 cm³/mol. The Morgan fingerprint density at radius 1 is 1.21 bits per heavy atom. The van der Waals surface area contributed by atoms with Gasteiger partial charge in [-0.05, 0) is 37.9 Å². The molecule has 1 atom stereocenters.